The Balaban J connectivity index is 2.26. The maximum Gasteiger partial charge on any atom is 0.325 e. The molecule has 1 aliphatic heterocycles. The number of tetrazole rings is 1. The molecule has 1 aromatic heterocycles. The molecule has 1 fully saturated rings. The highest BCUT2D eigenvalue weighted by molar-refractivity contribution is 5.97. The summed E-state index contributed by atoms with van der Waals surface area (Å²) in [6.45, 7) is 0. The molecule has 0 aromatic carbocycles. The van der Waals surface area contributed by atoms with E-state index in [1.807, 2.05) is 0 Å². The number of aromatic nitrogens is 4. The van der Waals surface area contributed by atoms with Gasteiger partial charge in [0.25, 0.3) is 0 Å². The van der Waals surface area contributed by atoms with Gasteiger partial charge >= 0.3 is 11.9 Å². The van der Waals surface area contributed by atoms with Gasteiger partial charge in [-0.25, -0.2) is 0 Å². The number of hydrogen-bond donors (Lipinski definition) is 1. The van der Waals surface area contributed by atoms with E-state index in [2.05, 4.69) is 25.4 Å². The summed E-state index contributed by atoms with van der Waals surface area (Å²) in [6, 6.07) is 0. The zero-order chi connectivity index (χ0) is 8.55. The van der Waals surface area contributed by atoms with Crippen LogP contribution in [0.5, 0.6) is 0 Å². The van der Waals surface area contributed by atoms with Crippen LogP contribution in [0, 0.1) is 0 Å². The summed E-state index contributed by atoms with van der Waals surface area (Å²) in [6.07, 6.45) is -0.00162. The number of nitrogens with one attached hydrogen (secondary N) is 1. The third kappa shape index (κ3) is 0.949. The highest BCUT2D eigenvalue weighted by atomic mass is 16.6. The van der Waals surface area contributed by atoms with Gasteiger partial charge in [0, 0.05) is 0 Å². The van der Waals surface area contributed by atoms with E-state index in [1.54, 1.807) is 0 Å². The molecule has 1 atom stereocenters. The zero-order valence-corrected chi connectivity index (χ0v) is 5.85. The lowest BCUT2D eigenvalue weighted by Gasteiger charge is -1.93. The van der Waals surface area contributed by atoms with Crippen molar-refractivity contribution in [3.63, 3.8) is 0 Å². The normalized spacial score (nSPS) is 22.8. The molecule has 0 aliphatic carbocycles. The Morgan fingerprint density at radius 1 is 1.50 bits per heavy atom. The largest absolute Gasteiger partial charge is 0.393 e. The highest BCUT2D eigenvalue weighted by Gasteiger charge is 2.37. The summed E-state index contributed by atoms with van der Waals surface area (Å²) in [5.74, 6) is -1.64. The van der Waals surface area contributed by atoms with Crippen LogP contribution in [0.3, 0.4) is 0 Å². The van der Waals surface area contributed by atoms with Gasteiger partial charge in [0.1, 0.15) is 5.92 Å². The van der Waals surface area contributed by atoms with Crippen LogP contribution >= 0.6 is 0 Å². The summed E-state index contributed by atoms with van der Waals surface area (Å²) in [5, 5.41) is 12.6. The smallest absolute Gasteiger partial charge is 0.325 e. The first kappa shape index (κ1) is 6.89. The molecule has 0 radical (unpaired) electrons. The van der Waals surface area contributed by atoms with Crippen molar-refractivity contribution in [2.24, 2.45) is 0 Å². The van der Waals surface area contributed by atoms with Gasteiger partial charge in [-0.05, 0) is 0 Å². The Hall–Kier alpha value is -1.79. The van der Waals surface area contributed by atoms with Crippen molar-refractivity contribution in [3.8, 4) is 0 Å². The lowest BCUT2D eigenvalue weighted by molar-refractivity contribution is -0.152. The van der Waals surface area contributed by atoms with E-state index >= 15 is 0 Å². The average molecular weight is 168 g/mol. The first-order chi connectivity index (χ1) is 5.77. The minimum atomic E-state index is -0.684. The number of cyclic esters (lactones) is 2. The molecule has 1 unspecified atom stereocenters. The van der Waals surface area contributed by atoms with E-state index in [1.165, 1.54) is 0 Å². The number of nitrogens with zero attached hydrogens (tertiary/aromatic N) is 3. The number of hydrogen-bond acceptors (Lipinski definition) is 6. The molecule has 0 saturated carbocycles. The maximum absolute atomic E-state index is 10.9. The number of carbonyl (C=O) groups is 2. The minimum absolute atomic E-state index is 0.00162. The molecule has 1 aliphatic rings. The Bertz CT molecular complexity index is 319. The van der Waals surface area contributed by atoms with Crippen LogP contribution in [0.25, 0.3) is 0 Å². The molecule has 0 spiro atoms. The molecule has 12 heavy (non-hydrogen) atoms. The monoisotopic (exact) mass is 168 g/mol. The van der Waals surface area contributed by atoms with Gasteiger partial charge in [-0.3, -0.25) is 9.59 Å². The third-order valence-corrected chi connectivity index (χ3v) is 1.54. The molecular formula is C5H4N4O3. The lowest BCUT2D eigenvalue weighted by atomic mass is 10.1. The number of aromatic amines is 1. The first-order valence-electron chi connectivity index (χ1n) is 3.25. The molecule has 7 heteroatoms. The van der Waals surface area contributed by atoms with E-state index in [0.29, 0.717) is 0 Å². The van der Waals surface area contributed by atoms with Crippen LogP contribution in [-0.2, 0) is 14.3 Å². The van der Waals surface area contributed by atoms with Gasteiger partial charge in [0.05, 0.1) is 6.42 Å². The molecule has 1 saturated heterocycles. The number of rotatable bonds is 1. The fraction of sp³-hybridized carbons (Fsp3) is 0.400. The molecule has 2 heterocycles. The predicted octanol–water partition coefficient (Wildman–Crippen LogP) is -1.24. The fourth-order valence-corrected chi connectivity index (χ4v) is 0.989. The number of ether oxygens (including phenoxy) is 1. The average Bonchev–Trinajstić information content (AvgIpc) is 2.58. The first-order valence-corrected chi connectivity index (χ1v) is 3.25. The van der Waals surface area contributed by atoms with Gasteiger partial charge < -0.3 is 4.74 Å². The minimum Gasteiger partial charge on any atom is -0.393 e. The van der Waals surface area contributed by atoms with Gasteiger partial charge in [-0.15, -0.1) is 10.2 Å². The highest BCUT2D eigenvalue weighted by Crippen LogP contribution is 2.23. The maximum atomic E-state index is 10.9. The number of esters is 2. The van der Waals surface area contributed by atoms with E-state index in [0.717, 1.165) is 0 Å². The molecular weight excluding hydrogens is 164 g/mol. The van der Waals surface area contributed by atoms with Crippen LogP contribution in [-0.4, -0.2) is 32.6 Å². The SMILES string of the molecule is O=C1CC(c2nn[nH]n2)C(=O)O1. The Labute approximate surface area is 66.1 Å². The van der Waals surface area contributed by atoms with Crippen molar-refractivity contribution >= 4 is 11.9 Å². The standard InChI is InChI=1S/C5H4N4O3/c10-3-1-2(5(11)12-3)4-6-8-9-7-4/h2H,1H2,(H,6,7,8,9). The molecule has 2 rings (SSSR count). The fourth-order valence-electron chi connectivity index (χ4n) is 0.989. The van der Waals surface area contributed by atoms with Gasteiger partial charge in [-0.2, -0.15) is 5.21 Å². The summed E-state index contributed by atoms with van der Waals surface area (Å²) in [5.41, 5.74) is 0. The molecule has 1 N–H and O–H groups in total. The van der Waals surface area contributed by atoms with Crippen LogP contribution in [0.1, 0.15) is 18.2 Å². The van der Waals surface area contributed by atoms with Crippen molar-refractivity contribution in [1.82, 2.24) is 20.6 Å². The summed E-state index contributed by atoms with van der Waals surface area (Å²) in [7, 11) is 0. The summed E-state index contributed by atoms with van der Waals surface area (Å²) < 4.78 is 4.30. The summed E-state index contributed by atoms with van der Waals surface area (Å²) >= 11 is 0. The lowest BCUT2D eigenvalue weighted by Crippen LogP contribution is -2.07. The number of carbonyl (C=O) groups excluding carboxylic acids is 2. The van der Waals surface area contributed by atoms with Crippen LogP contribution < -0.4 is 0 Å². The van der Waals surface area contributed by atoms with E-state index in [4.69, 9.17) is 0 Å². The van der Waals surface area contributed by atoms with Crippen molar-refractivity contribution in [1.29, 1.82) is 0 Å². The van der Waals surface area contributed by atoms with Gasteiger partial charge in [0.15, 0.2) is 5.82 Å². The molecule has 0 amide bonds. The molecule has 7 nitrogen and oxygen atoms in total. The van der Waals surface area contributed by atoms with Crippen LogP contribution in [0.4, 0.5) is 0 Å². The molecule has 1 aromatic rings. The quantitative estimate of drug-likeness (QED) is 0.416. The van der Waals surface area contributed by atoms with Gasteiger partial charge in [-0.1, -0.05) is 5.21 Å². The third-order valence-electron chi connectivity index (χ3n) is 1.54. The molecule has 0 bridgehead atoms. The Morgan fingerprint density at radius 3 is 2.83 bits per heavy atom. The number of H-pyrrole nitrogens is 1. The van der Waals surface area contributed by atoms with Crippen molar-refractivity contribution in [2.75, 3.05) is 0 Å². The van der Waals surface area contributed by atoms with E-state index in [9.17, 15) is 9.59 Å². The second-order valence-electron chi connectivity index (χ2n) is 2.32. The molecule has 62 valence electrons. The van der Waals surface area contributed by atoms with E-state index < -0.39 is 17.9 Å². The van der Waals surface area contributed by atoms with Crippen molar-refractivity contribution < 1.29 is 14.3 Å². The second-order valence-corrected chi connectivity index (χ2v) is 2.32. The Kier molecular flexibility index (Phi) is 1.36. The van der Waals surface area contributed by atoms with Crippen LogP contribution in [0.2, 0.25) is 0 Å². The topological polar surface area (TPSA) is 97.8 Å². The second kappa shape index (κ2) is 2.36. The predicted molar refractivity (Wildman–Crippen MR) is 32.6 cm³/mol. The Morgan fingerprint density at radius 2 is 2.33 bits per heavy atom. The summed E-state index contributed by atoms with van der Waals surface area (Å²) in [4.78, 5) is 21.5. The van der Waals surface area contributed by atoms with Gasteiger partial charge in [0.2, 0.25) is 0 Å². The van der Waals surface area contributed by atoms with Crippen LogP contribution in [0.15, 0.2) is 0 Å². The van der Waals surface area contributed by atoms with E-state index in [-0.39, 0.29) is 12.2 Å². The van der Waals surface area contributed by atoms with Crippen molar-refractivity contribution in [3.05, 3.63) is 5.82 Å². The van der Waals surface area contributed by atoms with Crippen molar-refractivity contribution in [2.45, 2.75) is 12.3 Å². The zero-order valence-electron chi connectivity index (χ0n) is 5.85.